The highest BCUT2D eigenvalue weighted by atomic mass is 35.5. The van der Waals surface area contributed by atoms with Crippen LogP contribution in [-0.2, 0) is 4.74 Å². The summed E-state index contributed by atoms with van der Waals surface area (Å²) in [5.74, 6) is 0. The minimum atomic E-state index is 0. The van der Waals surface area contributed by atoms with Gasteiger partial charge in [0.1, 0.15) is 0 Å². The first-order valence-electron chi connectivity index (χ1n) is 6.42. The van der Waals surface area contributed by atoms with Crippen LogP contribution in [-0.4, -0.2) is 36.7 Å². The monoisotopic (exact) mass is 247 g/mol. The fourth-order valence-electron chi connectivity index (χ4n) is 3.51. The molecular formula is C13H26ClNO. The predicted molar refractivity (Wildman–Crippen MR) is 70.3 cm³/mol. The van der Waals surface area contributed by atoms with Crippen molar-refractivity contribution >= 4 is 12.4 Å². The number of likely N-dealkylation sites (tertiary alicyclic amines) is 1. The van der Waals surface area contributed by atoms with Gasteiger partial charge in [-0.3, -0.25) is 0 Å². The van der Waals surface area contributed by atoms with Gasteiger partial charge in [-0.05, 0) is 58.0 Å². The first-order valence-corrected chi connectivity index (χ1v) is 6.42. The summed E-state index contributed by atoms with van der Waals surface area (Å²) in [5.41, 5.74) is 0.672. The zero-order valence-corrected chi connectivity index (χ0v) is 11.7. The van der Waals surface area contributed by atoms with Crippen LogP contribution >= 0.6 is 12.4 Å². The van der Waals surface area contributed by atoms with E-state index in [0.29, 0.717) is 5.41 Å². The average Bonchev–Trinajstić information content (AvgIpc) is 2.15. The number of rotatable bonds is 1. The lowest BCUT2D eigenvalue weighted by Gasteiger charge is -2.49. The lowest BCUT2D eigenvalue weighted by atomic mass is 9.69. The minimum absolute atomic E-state index is 0. The van der Waals surface area contributed by atoms with Crippen molar-refractivity contribution in [2.24, 2.45) is 5.41 Å². The molecule has 1 unspecified atom stereocenters. The Morgan fingerprint density at radius 1 is 1.25 bits per heavy atom. The van der Waals surface area contributed by atoms with Gasteiger partial charge < -0.3 is 9.64 Å². The van der Waals surface area contributed by atoms with Gasteiger partial charge in [-0.2, -0.15) is 0 Å². The van der Waals surface area contributed by atoms with E-state index in [-0.39, 0.29) is 18.0 Å². The average molecular weight is 248 g/mol. The van der Waals surface area contributed by atoms with Crippen LogP contribution in [0.15, 0.2) is 0 Å². The van der Waals surface area contributed by atoms with E-state index in [4.69, 9.17) is 4.74 Å². The summed E-state index contributed by atoms with van der Waals surface area (Å²) < 4.78 is 5.84. The summed E-state index contributed by atoms with van der Waals surface area (Å²) in [6.45, 7) is 11.6. The number of piperidine rings is 1. The smallest absolute Gasteiger partial charge is 0.0632 e. The molecule has 0 amide bonds. The van der Waals surface area contributed by atoms with Crippen molar-refractivity contribution in [1.82, 2.24) is 4.90 Å². The molecule has 1 atom stereocenters. The molecule has 2 nitrogen and oxygen atoms in total. The van der Waals surface area contributed by atoms with Gasteiger partial charge >= 0.3 is 0 Å². The molecule has 3 heteroatoms. The Bertz CT molecular complexity index is 228. The van der Waals surface area contributed by atoms with E-state index in [2.05, 4.69) is 25.7 Å². The Hall–Kier alpha value is 0.210. The fraction of sp³-hybridized carbons (Fsp3) is 1.00. The van der Waals surface area contributed by atoms with Crippen LogP contribution in [0, 0.1) is 5.41 Å². The van der Waals surface area contributed by atoms with Gasteiger partial charge in [0.05, 0.1) is 5.60 Å². The van der Waals surface area contributed by atoms with E-state index in [1.807, 2.05) is 0 Å². The number of hydrogen-bond acceptors (Lipinski definition) is 2. The third kappa shape index (κ3) is 3.12. The standard InChI is InChI=1S/C13H25NO.ClH/c1-4-14-8-5-6-13(11-14)7-9-15-12(2,3)10-13;/h4-11H2,1-3H3;1H. The highest BCUT2D eigenvalue weighted by Gasteiger charge is 2.42. The first-order chi connectivity index (χ1) is 7.05. The maximum Gasteiger partial charge on any atom is 0.0632 e. The van der Waals surface area contributed by atoms with E-state index in [0.717, 1.165) is 6.61 Å². The Morgan fingerprint density at radius 2 is 2.00 bits per heavy atom. The Kier molecular flexibility index (Phi) is 4.67. The summed E-state index contributed by atoms with van der Waals surface area (Å²) >= 11 is 0. The zero-order valence-electron chi connectivity index (χ0n) is 10.9. The van der Waals surface area contributed by atoms with E-state index >= 15 is 0 Å². The molecule has 2 heterocycles. The molecule has 2 aliphatic rings. The second-order valence-electron chi connectivity index (χ2n) is 6.01. The van der Waals surface area contributed by atoms with E-state index in [1.54, 1.807) is 0 Å². The molecule has 16 heavy (non-hydrogen) atoms. The SMILES string of the molecule is CCN1CCCC2(CCOC(C)(C)C2)C1.Cl. The molecular weight excluding hydrogens is 222 g/mol. The fourth-order valence-corrected chi connectivity index (χ4v) is 3.51. The minimum Gasteiger partial charge on any atom is -0.376 e. The molecule has 0 aromatic carbocycles. The number of nitrogens with zero attached hydrogens (tertiary/aromatic N) is 1. The summed E-state index contributed by atoms with van der Waals surface area (Å²) in [5, 5.41) is 0. The van der Waals surface area contributed by atoms with Gasteiger partial charge in [0.25, 0.3) is 0 Å². The Morgan fingerprint density at radius 3 is 2.62 bits per heavy atom. The second-order valence-corrected chi connectivity index (χ2v) is 6.01. The molecule has 2 fully saturated rings. The van der Waals surface area contributed by atoms with Gasteiger partial charge in [-0.15, -0.1) is 12.4 Å². The van der Waals surface area contributed by atoms with Crippen LogP contribution in [0.1, 0.15) is 46.5 Å². The lowest BCUT2D eigenvalue weighted by Crippen LogP contribution is -2.50. The normalized spacial score (nSPS) is 34.7. The van der Waals surface area contributed by atoms with Crippen LogP contribution in [0.4, 0.5) is 0 Å². The maximum atomic E-state index is 5.84. The highest BCUT2D eigenvalue weighted by molar-refractivity contribution is 5.85. The molecule has 0 aromatic rings. The van der Waals surface area contributed by atoms with E-state index < -0.39 is 0 Å². The Balaban J connectivity index is 0.00000128. The number of halogens is 1. The van der Waals surface area contributed by atoms with Crippen molar-refractivity contribution < 1.29 is 4.74 Å². The van der Waals surface area contributed by atoms with Crippen LogP contribution < -0.4 is 0 Å². The molecule has 2 aliphatic heterocycles. The molecule has 2 saturated heterocycles. The third-order valence-electron chi connectivity index (χ3n) is 4.11. The Labute approximate surface area is 106 Å². The molecule has 0 aromatic heterocycles. The van der Waals surface area contributed by atoms with Gasteiger partial charge in [-0.1, -0.05) is 6.92 Å². The van der Waals surface area contributed by atoms with E-state index in [1.165, 1.54) is 45.3 Å². The van der Waals surface area contributed by atoms with Crippen molar-refractivity contribution in [3.05, 3.63) is 0 Å². The molecule has 0 radical (unpaired) electrons. The van der Waals surface area contributed by atoms with Crippen molar-refractivity contribution in [3.8, 4) is 0 Å². The largest absolute Gasteiger partial charge is 0.376 e. The van der Waals surface area contributed by atoms with Gasteiger partial charge in [0.15, 0.2) is 0 Å². The van der Waals surface area contributed by atoms with Gasteiger partial charge in [0, 0.05) is 13.2 Å². The molecule has 0 N–H and O–H groups in total. The zero-order chi connectivity index (χ0) is 10.9. The molecule has 0 bridgehead atoms. The lowest BCUT2D eigenvalue weighted by molar-refractivity contribution is -0.122. The van der Waals surface area contributed by atoms with Gasteiger partial charge in [-0.25, -0.2) is 0 Å². The second kappa shape index (κ2) is 5.24. The molecule has 0 aliphatic carbocycles. The molecule has 1 spiro atoms. The summed E-state index contributed by atoms with van der Waals surface area (Å²) in [6.07, 6.45) is 5.31. The number of ether oxygens (including phenoxy) is 1. The predicted octanol–water partition coefficient (Wildman–Crippen LogP) is 3.10. The van der Waals surface area contributed by atoms with Crippen LogP contribution in [0.3, 0.4) is 0 Å². The molecule has 96 valence electrons. The van der Waals surface area contributed by atoms with Crippen molar-refractivity contribution in [2.75, 3.05) is 26.2 Å². The first kappa shape index (κ1) is 14.3. The quantitative estimate of drug-likeness (QED) is 0.706. The third-order valence-corrected chi connectivity index (χ3v) is 4.11. The van der Waals surface area contributed by atoms with Crippen LogP contribution in [0.2, 0.25) is 0 Å². The van der Waals surface area contributed by atoms with Crippen molar-refractivity contribution in [1.29, 1.82) is 0 Å². The summed E-state index contributed by atoms with van der Waals surface area (Å²) in [7, 11) is 0. The molecule has 2 rings (SSSR count). The number of hydrogen-bond donors (Lipinski definition) is 0. The maximum absolute atomic E-state index is 5.84. The van der Waals surface area contributed by atoms with Crippen LogP contribution in [0.5, 0.6) is 0 Å². The topological polar surface area (TPSA) is 12.5 Å². The van der Waals surface area contributed by atoms with Gasteiger partial charge in [0.2, 0.25) is 0 Å². The summed E-state index contributed by atoms with van der Waals surface area (Å²) in [6, 6.07) is 0. The van der Waals surface area contributed by atoms with Crippen molar-refractivity contribution in [3.63, 3.8) is 0 Å². The summed E-state index contributed by atoms with van der Waals surface area (Å²) in [4.78, 5) is 2.62. The highest BCUT2D eigenvalue weighted by Crippen LogP contribution is 2.44. The van der Waals surface area contributed by atoms with E-state index in [9.17, 15) is 0 Å². The molecule has 0 saturated carbocycles. The van der Waals surface area contributed by atoms with Crippen LogP contribution in [0.25, 0.3) is 0 Å². The van der Waals surface area contributed by atoms with Crippen molar-refractivity contribution in [2.45, 2.75) is 52.1 Å².